The number of nitrogens with one attached hydrogen (secondary N) is 1. The number of carbonyl (C=O) groups excluding carboxylic acids is 1. The lowest BCUT2D eigenvalue weighted by Crippen LogP contribution is -2.23. The summed E-state index contributed by atoms with van der Waals surface area (Å²) in [5.41, 5.74) is 0.762. The number of aliphatic hydroxyl groups is 2. The van der Waals surface area contributed by atoms with E-state index in [0.717, 1.165) is 0 Å². The van der Waals surface area contributed by atoms with Gasteiger partial charge in [0.2, 0.25) is 6.08 Å². The van der Waals surface area contributed by atoms with Crippen LogP contribution in [0.15, 0.2) is 29.3 Å². The van der Waals surface area contributed by atoms with Gasteiger partial charge < -0.3 is 15.5 Å². The SMILES string of the molecule is CNCCC(O)C(O)c1ccccc1N=C=O. The molecule has 3 N–H and O–H groups in total. The first-order valence-corrected chi connectivity index (χ1v) is 5.38. The molecular weight excluding hydrogens is 220 g/mol. The van der Waals surface area contributed by atoms with Gasteiger partial charge in [0.1, 0.15) is 6.10 Å². The Kier molecular flexibility index (Phi) is 5.52. The molecule has 2 atom stereocenters. The van der Waals surface area contributed by atoms with Crippen molar-refractivity contribution >= 4 is 11.8 Å². The summed E-state index contributed by atoms with van der Waals surface area (Å²) in [5.74, 6) is 0. The van der Waals surface area contributed by atoms with Gasteiger partial charge in [-0.05, 0) is 26.1 Å². The number of isocyanates is 1. The van der Waals surface area contributed by atoms with E-state index in [-0.39, 0.29) is 0 Å². The second-order valence-electron chi connectivity index (χ2n) is 3.67. The molecule has 1 rings (SSSR count). The summed E-state index contributed by atoms with van der Waals surface area (Å²) in [6.07, 6.45) is -0.112. The Morgan fingerprint density at radius 3 is 2.76 bits per heavy atom. The zero-order valence-electron chi connectivity index (χ0n) is 9.63. The van der Waals surface area contributed by atoms with Crippen LogP contribution in [0.4, 0.5) is 5.69 Å². The third kappa shape index (κ3) is 3.76. The van der Waals surface area contributed by atoms with Crippen LogP contribution in [-0.2, 0) is 4.79 Å². The molecule has 0 fully saturated rings. The van der Waals surface area contributed by atoms with Crippen molar-refractivity contribution in [3.63, 3.8) is 0 Å². The summed E-state index contributed by atoms with van der Waals surface area (Å²) in [5, 5.41) is 22.6. The largest absolute Gasteiger partial charge is 0.390 e. The van der Waals surface area contributed by atoms with Crippen LogP contribution >= 0.6 is 0 Å². The van der Waals surface area contributed by atoms with Crippen LogP contribution in [0.1, 0.15) is 18.1 Å². The first-order chi connectivity index (χ1) is 8.20. The number of para-hydroxylation sites is 1. The normalized spacial score (nSPS) is 13.8. The van der Waals surface area contributed by atoms with Gasteiger partial charge in [0.25, 0.3) is 0 Å². The quantitative estimate of drug-likeness (QED) is 0.500. The molecule has 5 nitrogen and oxygen atoms in total. The van der Waals surface area contributed by atoms with E-state index in [1.807, 2.05) is 0 Å². The summed E-state index contributed by atoms with van der Waals surface area (Å²) >= 11 is 0. The van der Waals surface area contributed by atoms with Crippen LogP contribution in [0.2, 0.25) is 0 Å². The Labute approximate surface area is 99.8 Å². The van der Waals surface area contributed by atoms with Crippen LogP contribution in [0.25, 0.3) is 0 Å². The first-order valence-electron chi connectivity index (χ1n) is 5.38. The smallest absolute Gasteiger partial charge is 0.240 e. The molecule has 5 heteroatoms. The van der Waals surface area contributed by atoms with E-state index in [0.29, 0.717) is 24.2 Å². The molecule has 0 spiro atoms. The molecule has 0 aromatic heterocycles. The van der Waals surface area contributed by atoms with Crippen LogP contribution in [0, 0.1) is 0 Å². The molecule has 92 valence electrons. The minimum Gasteiger partial charge on any atom is -0.390 e. The molecule has 0 saturated heterocycles. The molecule has 0 heterocycles. The zero-order valence-corrected chi connectivity index (χ0v) is 9.63. The van der Waals surface area contributed by atoms with E-state index < -0.39 is 12.2 Å². The van der Waals surface area contributed by atoms with Gasteiger partial charge in [-0.25, -0.2) is 4.79 Å². The van der Waals surface area contributed by atoms with Crippen LogP contribution in [0.5, 0.6) is 0 Å². The van der Waals surface area contributed by atoms with Crippen molar-refractivity contribution in [2.24, 2.45) is 4.99 Å². The third-order valence-electron chi connectivity index (χ3n) is 2.48. The Hall–Kier alpha value is -1.52. The monoisotopic (exact) mass is 236 g/mol. The number of aliphatic hydroxyl groups excluding tert-OH is 2. The maximum atomic E-state index is 10.2. The fourth-order valence-corrected chi connectivity index (χ4v) is 1.55. The van der Waals surface area contributed by atoms with Gasteiger partial charge in [-0.1, -0.05) is 18.2 Å². The Bertz CT molecular complexity index is 402. The van der Waals surface area contributed by atoms with E-state index >= 15 is 0 Å². The Morgan fingerprint density at radius 1 is 1.41 bits per heavy atom. The van der Waals surface area contributed by atoms with Crippen LogP contribution in [-0.4, -0.2) is 36.0 Å². The van der Waals surface area contributed by atoms with E-state index in [2.05, 4.69) is 10.3 Å². The number of aliphatic imine (C=N–C) groups is 1. The molecule has 1 aromatic rings. The highest BCUT2D eigenvalue weighted by Crippen LogP contribution is 2.27. The highest BCUT2D eigenvalue weighted by molar-refractivity contribution is 5.54. The van der Waals surface area contributed by atoms with Gasteiger partial charge in [-0.15, -0.1) is 0 Å². The summed E-state index contributed by atoms with van der Waals surface area (Å²) in [7, 11) is 1.77. The maximum Gasteiger partial charge on any atom is 0.240 e. The van der Waals surface area contributed by atoms with E-state index in [1.165, 1.54) is 6.08 Å². The van der Waals surface area contributed by atoms with Crippen molar-refractivity contribution in [1.29, 1.82) is 0 Å². The zero-order chi connectivity index (χ0) is 12.7. The summed E-state index contributed by atoms with van der Waals surface area (Å²) in [6.45, 7) is 0.595. The van der Waals surface area contributed by atoms with Crippen molar-refractivity contribution in [3.8, 4) is 0 Å². The van der Waals surface area contributed by atoms with Gasteiger partial charge in [0.15, 0.2) is 0 Å². The Morgan fingerprint density at radius 2 is 2.12 bits per heavy atom. The van der Waals surface area contributed by atoms with Gasteiger partial charge in [-0.2, -0.15) is 4.99 Å². The lowest BCUT2D eigenvalue weighted by molar-refractivity contribution is 0.0144. The third-order valence-corrected chi connectivity index (χ3v) is 2.48. The highest BCUT2D eigenvalue weighted by Gasteiger charge is 2.20. The molecule has 0 saturated carbocycles. The summed E-state index contributed by atoms with van der Waals surface area (Å²) < 4.78 is 0. The van der Waals surface area contributed by atoms with Crippen molar-refractivity contribution in [2.75, 3.05) is 13.6 Å². The highest BCUT2D eigenvalue weighted by atomic mass is 16.3. The van der Waals surface area contributed by atoms with Gasteiger partial charge in [0, 0.05) is 5.56 Å². The molecule has 0 aliphatic rings. The summed E-state index contributed by atoms with van der Waals surface area (Å²) in [4.78, 5) is 13.7. The van der Waals surface area contributed by atoms with Crippen molar-refractivity contribution in [3.05, 3.63) is 29.8 Å². The van der Waals surface area contributed by atoms with Gasteiger partial charge in [0.05, 0.1) is 11.8 Å². The van der Waals surface area contributed by atoms with E-state index in [9.17, 15) is 15.0 Å². The van der Waals surface area contributed by atoms with Crippen LogP contribution < -0.4 is 5.32 Å². The van der Waals surface area contributed by atoms with E-state index in [1.54, 1.807) is 31.3 Å². The second kappa shape index (κ2) is 6.93. The lowest BCUT2D eigenvalue weighted by Gasteiger charge is -2.19. The molecule has 0 aliphatic heterocycles. The number of rotatable bonds is 6. The van der Waals surface area contributed by atoms with Gasteiger partial charge >= 0.3 is 0 Å². The summed E-state index contributed by atoms with van der Waals surface area (Å²) in [6, 6.07) is 6.64. The number of hydrogen-bond donors (Lipinski definition) is 3. The Balaban J connectivity index is 2.87. The van der Waals surface area contributed by atoms with Gasteiger partial charge in [-0.3, -0.25) is 0 Å². The average molecular weight is 236 g/mol. The number of nitrogens with zero attached hydrogens (tertiary/aromatic N) is 1. The minimum atomic E-state index is -1.06. The molecule has 0 bridgehead atoms. The topological polar surface area (TPSA) is 81.9 Å². The average Bonchev–Trinajstić information content (AvgIpc) is 2.36. The molecule has 0 radical (unpaired) electrons. The molecule has 1 aromatic carbocycles. The predicted octanol–water partition coefficient (Wildman–Crippen LogP) is 0.658. The first kappa shape index (κ1) is 13.5. The second-order valence-corrected chi connectivity index (χ2v) is 3.67. The fraction of sp³-hybridized carbons (Fsp3) is 0.417. The number of benzene rings is 1. The minimum absolute atomic E-state index is 0.332. The van der Waals surface area contributed by atoms with Crippen molar-refractivity contribution in [1.82, 2.24) is 5.32 Å². The molecular formula is C12H16N2O3. The lowest BCUT2D eigenvalue weighted by atomic mass is 10.0. The molecule has 2 unspecified atom stereocenters. The van der Waals surface area contributed by atoms with E-state index in [4.69, 9.17) is 0 Å². The molecule has 0 aliphatic carbocycles. The molecule has 17 heavy (non-hydrogen) atoms. The standard InChI is InChI=1S/C12H16N2O3/c1-13-7-6-11(16)12(17)9-4-2-3-5-10(9)14-8-15/h2-5,11-13,16-17H,6-7H2,1H3. The maximum absolute atomic E-state index is 10.2. The number of hydrogen-bond acceptors (Lipinski definition) is 5. The van der Waals surface area contributed by atoms with Crippen molar-refractivity contribution in [2.45, 2.75) is 18.6 Å². The molecule has 0 amide bonds. The fourth-order valence-electron chi connectivity index (χ4n) is 1.55. The van der Waals surface area contributed by atoms with Crippen molar-refractivity contribution < 1.29 is 15.0 Å². The predicted molar refractivity (Wildman–Crippen MR) is 63.7 cm³/mol. The van der Waals surface area contributed by atoms with Crippen LogP contribution in [0.3, 0.4) is 0 Å².